The van der Waals surface area contributed by atoms with Crippen molar-refractivity contribution in [2.45, 2.75) is 39.3 Å². The molecule has 2 aliphatic rings. The molecule has 31 heavy (non-hydrogen) atoms. The molecule has 2 aliphatic heterocycles. The normalized spacial score (nSPS) is 16.1. The average Bonchev–Trinajstić information content (AvgIpc) is 3.36. The number of nitrogens with one attached hydrogen (secondary N) is 1. The smallest absolute Gasteiger partial charge is 0.227 e. The van der Waals surface area contributed by atoms with Gasteiger partial charge in [-0.05, 0) is 31.0 Å². The van der Waals surface area contributed by atoms with Crippen LogP contribution < -0.4 is 5.32 Å². The minimum absolute atomic E-state index is 0. The lowest BCUT2D eigenvalue weighted by Gasteiger charge is -2.36. The van der Waals surface area contributed by atoms with E-state index in [4.69, 9.17) is 16.6 Å². The Labute approximate surface area is 205 Å². The fourth-order valence-corrected chi connectivity index (χ4v) is 4.21. The third kappa shape index (κ3) is 5.88. The maximum atomic E-state index is 12.7. The highest BCUT2D eigenvalue weighted by molar-refractivity contribution is 14.0. The lowest BCUT2D eigenvalue weighted by atomic mass is 10.1. The van der Waals surface area contributed by atoms with E-state index in [9.17, 15) is 4.79 Å². The zero-order valence-electron chi connectivity index (χ0n) is 17.8. The number of guanidine groups is 1. The van der Waals surface area contributed by atoms with E-state index in [2.05, 4.69) is 31.9 Å². The van der Waals surface area contributed by atoms with Crippen LogP contribution >= 0.6 is 35.6 Å². The van der Waals surface area contributed by atoms with Crippen LogP contribution in [0.2, 0.25) is 5.02 Å². The number of rotatable bonds is 5. The lowest BCUT2D eigenvalue weighted by Crippen LogP contribution is -2.54. The molecule has 10 heteroatoms. The number of benzene rings is 1. The minimum Gasteiger partial charge on any atom is -0.357 e. The Kier molecular flexibility index (Phi) is 8.53. The van der Waals surface area contributed by atoms with Crippen molar-refractivity contribution in [1.82, 2.24) is 29.9 Å². The second kappa shape index (κ2) is 11.1. The molecule has 0 bridgehead atoms. The van der Waals surface area contributed by atoms with Gasteiger partial charge in [0.2, 0.25) is 5.91 Å². The number of amides is 1. The van der Waals surface area contributed by atoms with Crippen LogP contribution in [0.1, 0.15) is 30.6 Å². The highest BCUT2D eigenvalue weighted by Crippen LogP contribution is 2.15. The first kappa shape index (κ1) is 23.8. The number of nitrogens with zero attached hydrogens (tertiary/aromatic N) is 6. The van der Waals surface area contributed by atoms with Crippen molar-refractivity contribution in [3.63, 3.8) is 0 Å². The zero-order valence-corrected chi connectivity index (χ0v) is 20.8. The van der Waals surface area contributed by atoms with Crippen molar-refractivity contribution in [1.29, 1.82) is 0 Å². The third-order valence-corrected chi connectivity index (χ3v) is 5.80. The number of halogens is 2. The van der Waals surface area contributed by atoms with E-state index in [1.165, 1.54) is 0 Å². The Morgan fingerprint density at radius 3 is 2.68 bits per heavy atom. The average molecular weight is 558 g/mol. The summed E-state index contributed by atoms with van der Waals surface area (Å²) in [6, 6.07) is 7.50. The maximum Gasteiger partial charge on any atom is 0.227 e. The van der Waals surface area contributed by atoms with Crippen molar-refractivity contribution >= 4 is 47.4 Å². The standard InChI is InChI=1S/C21H28ClN7O.HI/c1-2-23-21(24-15-19-26-25-18-7-4-8-29(18)19)28-11-9-27(10-12-28)20(30)14-16-5-3-6-17(22)13-16;/h3,5-6,13H,2,4,7-12,14-15H2,1H3,(H,23,24);1H. The molecule has 1 amide bonds. The molecule has 3 heterocycles. The second-order valence-corrected chi connectivity index (χ2v) is 8.07. The number of aliphatic imine (C=N–C) groups is 1. The van der Waals surface area contributed by atoms with Gasteiger partial charge in [0, 0.05) is 50.7 Å². The van der Waals surface area contributed by atoms with Crippen molar-refractivity contribution in [2.24, 2.45) is 4.99 Å². The summed E-state index contributed by atoms with van der Waals surface area (Å²) in [7, 11) is 0. The lowest BCUT2D eigenvalue weighted by molar-refractivity contribution is -0.131. The molecule has 1 aromatic carbocycles. The van der Waals surface area contributed by atoms with E-state index in [1.807, 2.05) is 29.2 Å². The Hall–Kier alpha value is -1.88. The largest absolute Gasteiger partial charge is 0.357 e. The number of hydrogen-bond donors (Lipinski definition) is 1. The van der Waals surface area contributed by atoms with E-state index in [0.717, 1.165) is 62.2 Å². The molecule has 0 atom stereocenters. The summed E-state index contributed by atoms with van der Waals surface area (Å²) in [4.78, 5) is 21.6. The monoisotopic (exact) mass is 557 g/mol. The molecule has 8 nitrogen and oxygen atoms in total. The number of fused-ring (bicyclic) bond motifs is 1. The van der Waals surface area contributed by atoms with Gasteiger partial charge in [-0.3, -0.25) is 4.79 Å². The van der Waals surface area contributed by atoms with Gasteiger partial charge in [0.1, 0.15) is 12.4 Å². The third-order valence-electron chi connectivity index (χ3n) is 5.57. The van der Waals surface area contributed by atoms with E-state index < -0.39 is 0 Å². The highest BCUT2D eigenvalue weighted by atomic mass is 127. The molecular formula is C21H29ClIN7O. The van der Waals surface area contributed by atoms with Gasteiger partial charge in [-0.15, -0.1) is 34.2 Å². The van der Waals surface area contributed by atoms with Crippen LogP contribution in [-0.4, -0.2) is 69.2 Å². The molecular weight excluding hydrogens is 529 g/mol. The molecule has 1 N–H and O–H groups in total. The van der Waals surface area contributed by atoms with Crippen LogP contribution in [0.3, 0.4) is 0 Å². The summed E-state index contributed by atoms with van der Waals surface area (Å²) in [6.07, 6.45) is 2.52. The molecule has 0 aliphatic carbocycles. The van der Waals surface area contributed by atoms with Crippen LogP contribution in [0.15, 0.2) is 29.3 Å². The van der Waals surface area contributed by atoms with E-state index >= 15 is 0 Å². The molecule has 1 saturated heterocycles. The Morgan fingerprint density at radius 2 is 1.94 bits per heavy atom. The topological polar surface area (TPSA) is 78.7 Å². The van der Waals surface area contributed by atoms with Gasteiger partial charge in [-0.1, -0.05) is 23.7 Å². The minimum atomic E-state index is 0. The summed E-state index contributed by atoms with van der Waals surface area (Å²) < 4.78 is 2.18. The quantitative estimate of drug-likeness (QED) is 0.347. The van der Waals surface area contributed by atoms with Crippen molar-refractivity contribution in [3.05, 3.63) is 46.5 Å². The fraction of sp³-hybridized carbons (Fsp3) is 0.524. The summed E-state index contributed by atoms with van der Waals surface area (Å²) in [5, 5.41) is 12.6. The predicted octanol–water partition coefficient (Wildman–Crippen LogP) is 2.35. The first-order valence-corrected chi connectivity index (χ1v) is 11.0. The maximum absolute atomic E-state index is 12.7. The molecule has 0 saturated carbocycles. The molecule has 0 radical (unpaired) electrons. The zero-order chi connectivity index (χ0) is 20.9. The molecule has 0 spiro atoms. The molecule has 2 aromatic rings. The Bertz CT molecular complexity index is 924. The number of carbonyl (C=O) groups is 1. The van der Waals surface area contributed by atoms with Gasteiger partial charge in [-0.25, -0.2) is 4.99 Å². The summed E-state index contributed by atoms with van der Waals surface area (Å²) in [5.41, 5.74) is 0.950. The van der Waals surface area contributed by atoms with E-state index in [-0.39, 0.29) is 29.9 Å². The van der Waals surface area contributed by atoms with Crippen LogP contribution in [-0.2, 0) is 30.7 Å². The number of aryl methyl sites for hydroxylation is 1. The van der Waals surface area contributed by atoms with Gasteiger partial charge >= 0.3 is 0 Å². The first-order valence-electron chi connectivity index (χ1n) is 10.6. The number of piperazine rings is 1. The van der Waals surface area contributed by atoms with Gasteiger partial charge in [0.15, 0.2) is 11.8 Å². The molecule has 1 aromatic heterocycles. The van der Waals surface area contributed by atoms with Gasteiger partial charge < -0.3 is 19.7 Å². The predicted molar refractivity (Wildman–Crippen MR) is 132 cm³/mol. The molecule has 1 fully saturated rings. The number of carbonyl (C=O) groups excluding carboxylic acids is 1. The van der Waals surface area contributed by atoms with Crippen molar-refractivity contribution < 1.29 is 4.79 Å². The number of hydrogen-bond acceptors (Lipinski definition) is 4. The van der Waals surface area contributed by atoms with Crippen molar-refractivity contribution in [2.75, 3.05) is 32.7 Å². The second-order valence-electron chi connectivity index (χ2n) is 7.63. The van der Waals surface area contributed by atoms with Crippen molar-refractivity contribution in [3.8, 4) is 0 Å². The summed E-state index contributed by atoms with van der Waals surface area (Å²) in [5.74, 6) is 3.00. The van der Waals surface area contributed by atoms with Crippen LogP contribution in [0, 0.1) is 0 Å². The van der Waals surface area contributed by atoms with Gasteiger partial charge in [0.05, 0.1) is 6.42 Å². The summed E-state index contributed by atoms with van der Waals surface area (Å²) in [6.45, 7) is 7.24. The van der Waals surface area contributed by atoms with E-state index in [1.54, 1.807) is 0 Å². The molecule has 168 valence electrons. The molecule has 4 rings (SSSR count). The first-order chi connectivity index (χ1) is 14.6. The highest BCUT2D eigenvalue weighted by Gasteiger charge is 2.23. The van der Waals surface area contributed by atoms with E-state index in [0.29, 0.717) is 31.1 Å². The number of aromatic nitrogens is 3. The SMILES string of the molecule is CCNC(=NCc1nnc2n1CCC2)N1CCN(C(=O)Cc2cccc(Cl)c2)CC1.I. The van der Waals surface area contributed by atoms with Crippen LogP contribution in [0.25, 0.3) is 0 Å². The van der Waals surface area contributed by atoms with Crippen LogP contribution in [0.5, 0.6) is 0 Å². The summed E-state index contributed by atoms with van der Waals surface area (Å²) >= 11 is 6.03. The Morgan fingerprint density at radius 1 is 1.16 bits per heavy atom. The van der Waals surface area contributed by atoms with Gasteiger partial charge in [0.25, 0.3) is 0 Å². The molecule has 0 unspecified atom stereocenters. The van der Waals surface area contributed by atoms with Crippen LogP contribution in [0.4, 0.5) is 0 Å². The Balaban J connectivity index is 0.00000272. The fourth-order valence-electron chi connectivity index (χ4n) is 4.00. The van der Waals surface area contributed by atoms with Gasteiger partial charge in [-0.2, -0.15) is 0 Å².